The van der Waals surface area contributed by atoms with Crippen LogP contribution < -0.4 is 0 Å². The van der Waals surface area contributed by atoms with Crippen molar-refractivity contribution in [2.45, 2.75) is 4.90 Å². The number of benzene rings is 1. The molecule has 0 atom stereocenters. The van der Waals surface area contributed by atoms with Gasteiger partial charge in [-0.1, -0.05) is 18.2 Å². The molecule has 0 amide bonds. The molecule has 0 aliphatic heterocycles. The van der Waals surface area contributed by atoms with E-state index in [0.717, 1.165) is 4.90 Å². The third kappa shape index (κ3) is 3.11. The molecule has 1 radical (unpaired) electrons. The molecule has 1 aromatic heterocycles. The van der Waals surface area contributed by atoms with Crippen LogP contribution in [0.4, 0.5) is 0 Å². The van der Waals surface area contributed by atoms with Gasteiger partial charge in [-0.05, 0) is 22.6 Å². The first-order chi connectivity index (χ1) is 5.95. The average Bonchev–Trinajstić information content (AvgIpc) is 2.59. The van der Waals surface area contributed by atoms with Crippen molar-refractivity contribution in [3.8, 4) is 0 Å². The number of tetrazole rings is 1. The summed E-state index contributed by atoms with van der Waals surface area (Å²) in [5.74, 6) is 0. The average molecular weight is 201 g/mol. The predicted molar refractivity (Wildman–Crippen MR) is 51.3 cm³/mol. The number of aromatic nitrogens is 4. The Kier molecular flexibility index (Phi) is 4.44. The number of hydrogen-bond donors (Lipinski definition) is 0. The Hall–Kier alpha value is -0.360. The summed E-state index contributed by atoms with van der Waals surface area (Å²) in [6.07, 6.45) is 1.57. The Morgan fingerprint density at radius 1 is 1.15 bits per heavy atom. The van der Waals surface area contributed by atoms with Crippen LogP contribution in [0, 0.1) is 0 Å². The van der Waals surface area contributed by atoms with Gasteiger partial charge in [0.05, 0.1) is 0 Å². The molecular formula is C7H6N4NaS. The maximum atomic E-state index is 3.73. The minimum absolute atomic E-state index is 0. The van der Waals surface area contributed by atoms with Gasteiger partial charge < -0.3 is 0 Å². The fourth-order valence-corrected chi connectivity index (χ4v) is 1.44. The molecular weight excluding hydrogens is 195 g/mol. The van der Waals surface area contributed by atoms with Crippen molar-refractivity contribution in [3.05, 3.63) is 36.7 Å². The van der Waals surface area contributed by atoms with E-state index < -0.39 is 0 Å². The van der Waals surface area contributed by atoms with Gasteiger partial charge in [-0.2, -0.15) is 4.09 Å². The zero-order valence-electron chi connectivity index (χ0n) is 7.16. The molecule has 0 saturated heterocycles. The standard InChI is InChI=1S/C7H6N4S.Na/c1-2-4-7(5-3-1)12-11-6-8-9-10-11;/h1-6H;. The normalized spacial score (nSPS) is 9.23. The van der Waals surface area contributed by atoms with Gasteiger partial charge in [-0.15, -0.1) is 5.10 Å². The van der Waals surface area contributed by atoms with E-state index in [4.69, 9.17) is 0 Å². The number of rotatable bonds is 2. The maximum Gasteiger partial charge on any atom is 0.151 e. The third-order valence-electron chi connectivity index (χ3n) is 1.27. The molecule has 0 saturated carbocycles. The van der Waals surface area contributed by atoms with E-state index in [1.54, 1.807) is 10.4 Å². The molecule has 13 heavy (non-hydrogen) atoms. The summed E-state index contributed by atoms with van der Waals surface area (Å²) in [6, 6.07) is 9.95. The smallest absolute Gasteiger partial charge is 0.151 e. The Bertz CT molecular complexity index is 337. The maximum absolute atomic E-state index is 3.73. The molecule has 0 bridgehead atoms. The first-order valence-electron chi connectivity index (χ1n) is 3.41. The van der Waals surface area contributed by atoms with E-state index >= 15 is 0 Å². The van der Waals surface area contributed by atoms with Crippen LogP contribution in [-0.2, 0) is 0 Å². The number of nitrogens with zero attached hydrogens (tertiary/aromatic N) is 4. The Labute approximate surface area is 102 Å². The predicted octanol–water partition coefficient (Wildman–Crippen LogP) is 0.848. The van der Waals surface area contributed by atoms with Gasteiger partial charge in [-0.3, -0.25) is 0 Å². The van der Waals surface area contributed by atoms with Gasteiger partial charge in [0.1, 0.15) is 0 Å². The zero-order chi connectivity index (χ0) is 8.23. The van der Waals surface area contributed by atoms with E-state index in [0.29, 0.717) is 0 Å². The third-order valence-corrected chi connectivity index (χ3v) is 2.11. The van der Waals surface area contributed by atoms with Crippen molar-refractivity contribution in [2.75, 3.05) is 0 Å². The summed E-state index contributed by atoms with van der Waals surface area (Å²) in [6.45, 7) is 0. The largest absolute Gasteiger partial charge is 0.169 e. The monoisotopic (exact) mass is 201 g/mol. The van der Waals surface area contributed by atoms with Gasteiger partial charge in [0, 0.05) is 46.4 Å². The summed E-state index contributed by atoms with van der Waals surface area (Å²) < 4.78 is 1.61. The SMILES string of the molecule is [Na].c1ccc(Sn2cnnn2)cc1. The van der Waals surface area contributed by atoms with Crippen LogP contribution in [0.15, 0.2) is 41.6 Å². The second-order valence-corrected chi connectivity index (χ2v) is 3.14. The van der Waals surface area contributed by atoms with Crippen LogP contribution in [0.2, 0.25) is 0 Å². The molecule has 61 valence electrons. The second-order valence-electron chi connectivity index (χ2n) is 2.12. The Morgan fingerprint density at radius 2 is 1.92 bits per heavy atom. The summed E-state index contributed by atoms with van der Waals surface area (Å²) in [5, 5.41) is 10.8. The van der Waals surface area contributed by atoms with Crippen molar-refractivity contribution >= 4 is 41.5 Å². The molecule has 2 aromatic rings. The molecule has 1 heterocycles. The first-order valence-corrected chi connectivity index (χ1v) is 4.19. The van der Waals surface area contributed by atoms with Gasteiger partial charge in [0.15, 0.2) is 6.33 Å². The van der Waals surface area contributed by atoms with Crippen LogP contribution in [0.3, 0.4) is 0 Å². The van der Waals surface area contributed by atoms with Crippen LogP contribution in [0.5, 0.6) is 0 Å². The molecule has 0 aliphatic carbocycles. The molecule has 2 rings (SSSR count). The van der Waals surface area contributed by atoms with E-state index in [9.17, 15) is 0 Å². The molecule has 0 unspecified atom stereocenters. The topological polar surface area (TPSA) is 43.6 Å². The van der Waals surface area contributed by atoms with Crippen molar-refractivity contribution in [1.29, 1.82) is 0 Å². The molecule has 0 aliphatic rings. The van der Waals surface area contributed by atoms with E-state index in [1.165, 1.54) is 11.9 Å². The quantitative estimate of drug-likeness (QED) is 0.675. The van der Waals surface area contributed by atoms with Gasteiger partial charge >= 0.3 is 0 Å². The Balaban J connectivity index is 0.000000845. The first kappa shape index (κ1) is 10.7. The molecule has 6 heteroatoms. The van der Waals surface area contributed by atoms with Crippen molar-refractivity contribution in [2.24, 2.45) is 0 Å². The van der Waals surface area contributed by atoms with Crippen molar-refractivity contribution < 1.29 is 0 Å². The van der Waals surface area contributed by atoms with Crippen LogP contribution in [-0.4, -0.2) is 49.2 Å². The fourth-order valence-electron chi connectivity index (χ4n) is 0.784. The minimum atomic E-state index is 0. The van der Waals surface area contributed by atoms with Crippen LogP contribution >= 0.6 is 11.9 Å². The van der Waals surface area contributed by atoms with Gasteiger partial charge in [0.2, 0.25) is 0 Å². The second kappa shape index (κ2) is 5.39. The summed E-state index contributed by atoms with van der Waals surface area (Å²) in [4.78, 5) is 1.12. The molecule has 1 aromatic carbocycles. The molecule has 4 nitrogen and oxygen atoms in total. The van der Waals surface area contributed by atoms with Crippen LogP contribution in [0.1, 0.15) is 0 Å². The van der Waals surface area contributed by atoms with Gasteiger partial charge in [-0.25, -0.2) is 0 Å². The van der Waals surface area contributed by atoms with Gasteiger partial charge in [0.25, 0.3) is 0 Å². The van der Waals surface area contributed by atoms with E-state index in [2.05, 4.69) is 15.5 Å². The fraction of sp³-hybridized carbons (Fsp3) is 0. The summed E-state index contributed by atoms with van der Waals surface area (Å²) in [5.41, 5.74) is 0. The molecule has 0 fully saturated rings. The molecule has 0 N–H and O–H groups in total. The van der Waals surface area contributed by atoms with Crippen molar-refractivity contribution in [3.63, 3.8) is 0 Å². The summed E-state index contributed by atoms with van der Waals surface area (Å²) in [7, 11) is 0. The minimum Gasteiger partial charge on any atom is -0.169 e. The van der Waals surface area contributed by atoms with E-state index in [1.807, 2.05) is 30.3 Å². The Morgan fingerprint density at radius 3 is 2.54 bits per heavy atom. The van der Waals surface area contributed by atoms with Crippen molar-refractivity contribution in [1.82, 2.24) is 19.6 Å². The zero-order valence-corrected chi connectivity index (χ0v) is 9.98. The molecule has 0 spiro atoms. The van der Waals surface area contributed by atoms with Crippen LogP contribution in [0.25, 0.3) is 0 Å². The van der Waals surface area contributed by atoms with E-state index in [-0.39, 0.29) is 29.6 Å². The number of hydrogen-bond acceptors (Lipinski definition) is 4. The summed E-state index contributed by atoms with van der Waals surface area (Å²) >= 11 is 1.47.